The Morgan fingerprint density at radius 1 is 1.06 bits per heavy atom. The van der Waals surface area contributed by atoms with E-state index in [1.54, 1.807) is 27.1 Å². The molecule has 174 valence electrons. The Morgan fingerprint density at radius 2 is 1.76 bits per heavy atom. The number of amides is 1. The monoisotopic (exact) mass is 451 g/mol. The van der Waals surface area contributed by atoms with Gasteiger partial charge in [0.2, 0.25) is 0 Å². The number of carbonyl (C=O) groups excluding carboxylic acids is 1. The van der Waals surface area contributed by atoms with Gasteiger partial charge in [-0.3, -0.25) is 19.5 Å². The zero-order valence-electron chi connectivity index (χ0n) is 19.2. The van der Waals surface area contributed by atoms with Crippen LogP contribution in [0.15, 0.2) is 58.1 Å². The number of aromatic amines is 1. The molecule has 1 unspecified atom stereocenters. The zero-order valence-corrected chi connectivity index (χ0v) is 19.2. The highest BCUT2D eigenvalue weighted by Gasteiger charge is 2.21. The second kappa shape index (κ2) is 10.1. The van der Waals surface area contributed by atoms with Gasteiger partial charge in [0.15, 0.2) is 5.75 Å². The number of benzene rings is 2. The predicted molar refractivity (Wildman–Crippen MR) is 130 cm³/mol. The standard InChI is InChI=1S/C24H29N5O4/c1-5-17(15-11-8-7-9-12-15)25-19-20(24(33)29(6-2)27-22(19)31)26-18-14-10-13-16(21(18)30)23(32)28(3)4/h7-14,17,25-26,30H,5-6H2,1-4H3,(H,27,31). The lowest BCUT2D eigenvalue weighted by Crippen LogP contribution is -2.33. The molecule has 1 amide bonds. The predicted octanol–water partition coefficient (Wildman–Crippen LogP) is 3.27. The van der Waals surface area contributed by atoms with E-state index in [9.17, 15) is 19.5 Å². The molecule has 1 heterocycles. The van der Waals surface area contributed by atoms with Gasteiger partial charge in [-0.1, -0.05) is 43.3 Å². The van der Waals surface area contributed by atoms with Crippen LogP contribution in [0.3, 0.4) is 0 Å². The van der Waals surface area contributed by atoms with Crippen LogP contribution in [0.2, 0.25) is 0 Å². The van der Waals surface area contributed by atoms with Gasteiger partial charge in [0.1, 0.15) is 11.4 Å². The summed E-state index contributed by atoms with van der Waals surface area (Å²) in [7, 11) is 3.16. The maximum Gasteiger partial charge on any atom is 0.291 e. The van der Waals surface area contributed by atoms with Gasteiger partial charge in [-0.05, 0) is 31.0 Å². The van der Waals surface area contributed by atoms with Crippen molar-refractivity contribution in [2.75, 3.05) is 24.7 Å². The van der Waals surface area contributed by atoms with Crippen LogP contribution in [0.5, 0.6) is 5.75 Å². The number of nitrogens with zero attached hydrogens (tertiary/aromatic N) is 2. The van der Waals surface area contributed by atoms with E-state index in [1.807, 2.05) is 37.3 Å². The number of nitrogens with one attached hydrogen (secondary N) is 3. The number of aryl methyl sites for hydroxylation is 1. The number of hydrogen-bond donors (Lipinski definition) is 4. The topological polar surface area (TPSA) is 119 Å². The summed E-state index contributed by atoms with van der Waals surface area (Å²) in [5, 5.41) is 19.4. The van der Waals surface area contributed by atoms with Crippen molar-refractivity contribution in [2.45, 2.75) is 32.9 Å². The van der Waals surface area contributed by atoms with E-state index in [-0.39, 0.29) is 46.9 Å². The first kappa shape index (κ1) is 23.6. The van der Waals surface area contributed by atoms with E-state index in [4.69, 9.17) is 0 Å². The Balaban J connectivity index is 2.11. The first-order chi connectivity index (χ1) is 15.8. The van der Waals surface area contributed by atoms with Crippen LogP contribution in [0.25, 0.3) is 0 Å². The molecule has 0 aliphatic carbocycles. The molecule has 9 nitrogen and oxygen atoms in total. The van der Waals surface area contributed by atoms with Crippen LogP contribution in [-0.4, -0.2) is 39.8 Å². The van der Waals surface area contributed by atoms with Gasteiger partial charge >= 0.3 is 0 Å². The summed E-state index contributed by atoms with van der Waals surface area (Å²) in [6.45, 7) is 3.96. The number of para-hydroxylation sites is 1. The number of aromatic nitrogens is 2. The number of phenolic OH excluding ortho intramolecular Hbond substituents is 1. The van der Waals surface area contributed by atoms with Crippen molar-refractivity contribution in [3.05, 3.63) is 80.4 Å². The molecule has 4 N–H and O–H groups in total. The minimum absolute atomic E-state index is 0.0141. The smallest absolute Gasteiger partial charge is 0.291 e. The third-order valence-electron chi connectivity index (χ3n) is 5.35. The third kappa shape index (κ3) is 4.92. The van der Waals surface area contributed by atoms with Crippen LogP contribution in [0, 0.1) is 0 Å². The molecule has 0 aliphatic heterocycles. The highest BCUT2D eigenvalue weighted by Crippen LogP contribution is 2.32. The third-order valence-corrected chi connectivity index (χ3v) is 5.35. The van der Waals surface area contributed by atoms with Gasteiger partial charge in [-0.15, -0.1) is 0 Å². The molecule has 0 fully saturated rings. The Kier molecular flexibility index (Phi) is 7.22. The lowest BCUT2D eigenvalue weighted by molar-refractivity contribution is 0.0824. The molecule has 0 aliphatic rings. The molecular formula is C24H29N5O4. The van der Waals surface area contributed by atoms with Crippen molar-refractivity contribution in [1.29, 1.82) is 0 Å². The summed E-state index contributed by atoms with van der Waals surface area (Å²) in [6, 6.07) is 14.0. The zero-order chi connectivity index (χ0) is 24.1. The Labute approximate surface area is 191 Å². The second-order valence-corrected chi connectivity index (χ2v) is 7.78. The fourth-order valence-corrected chi connectivity index (χ4v) is 3.53. The van der Waals surface area contributed by atoms with Crippen molar-refractivity contribution in [1.82, 2.24) is 14.7 Å². The first-order valence-corrected chi connectivity index (χ1v) is 10.8. The average Bonchev–Trinajstić information content (AvgIpc) is 2.82. The minimum Gasteiger partial charge on any atom is -0.505 e. The molecule has 1 aromatic heterocycles. The van der Waals surface area contributed by atoms with Crippen molar-refractivity contribution in [2.24, 2.45) is 0 Å². The Bertz CT molecular complexity index is 1250. The highest BCUT2D eigenvalue weighted by atomic mass is 16.3. The van der Waals surface area contributed by atoms with E-state index in [1.165, 1.54) is 21.7 Å². The van der Waals surface area contributed by atoms with Crippen molar-refractivity contribution in [3.63, 3.8) is 0 Å². The van der Waals surface area contributed by atoms with Gasteiger partial charge in [0.25, 0.3) is 17.0 Å². The van der Waals surface area contributed by atoms with Gasteiger partial charge < -0.3 is 20.6 Å². The van der Waals surface area contributed by atoms with Gasteiger partial charge in [0, 0.05) is 20.6 Å². The van der Waals surface area contributed by atoms with Crippen LogP contribution in [0.4, 0.5) is 17.1 Å². The van der Waals surface area contributed by atoms with Gasteiger partial charge in [-0.25, -0.2) is 4.68 Å². The molecule has 0 spiro atoms. The van der Waals surface area contributed by atoms with E-state index < -0.39 is 11.1 Å². The molecule has 33 heavy (non-hydrogen) atoms. The van der Waals surface area contributed by atoms with E-state index >= 15 is 0 Å². The molecule has 3 rings (SSSR count). The summed E-state index contributed by atoms with van der Waals surface area (Å²) in [5.74, 6) is -0.693. The highest BCUT2D eigenvalue weighted by molar-refractivity contribution is 5.98. The van der Waals surface area contributed by atoms with E-state index in [0.717, 1.165) is 5.56 Å². The molecule has 3 aromatic rings. The maximum absolute atomic E-state index is 13.2. The summed E-state index contributed by atoms with van der Waals surface area (Å²) in [4.78, 5) is 39.9. The van der Waals surface area contributed by atoms with E-state index in [0.29, 0.717) is 6.42 Å². The molecule has 0 radical (unpaired) electrons. The quantitative estimate of drug-likeness (QED) is 0.390. The van der Waals surface area contributed by atoms with E-state index in [2.05, 4.69) is 15.7 Å². The van der Waals surface area contributed by atoms with Crippen molar-refractivity contribution in [3.8, 4) is 5.75 Å². The van der Waals surface area contributed by atoms with Gasteiger partial charge in [0.05, 0.1) is 17.3 Å². The van der Waals surface area contributed by atoms with Crippen molar-refractivity contribution >= 4 is 23.0 Å². The van der Waals surface area contributed by atoms with Crippen LogP contribution < -0.4 is 21.8 Å². The summed E-state index contributed by atoms with van der Waals surface area (Å²) >= 11 is 0. The Morgan fingerprint density at radius 3 is 2.36 bits per heavy atom. The number of hydrogen-bond acceptors (Lipinski definition) is 6. The SMILES string of the molecule is CCC(Nc1c(Nc2cccc(C(=O)N(C)C)c2O)c(=O)n(CC)[nH]c1=O)c1ccccc1. The minimum atomic E-state index is -0.478. The van der Waals surface area contributed by atoms with Crippen LogP contribution >= 0.6 is 0 Å². The van der Waals surface area contributed by atoms with Crippen molar-refractivity contribution < 1.29 is 9.90 Å². The molecule has 0 bridgehead atoms. The second-order valence-electron chi connectivity index (χ2n) is 7.78. The normalized spacial score (nSPS) is 11.6. The maximum atomic E-state index is 13.2. The Hall–Kier alpha value is -4.01. The van der Waals surface area contributed by atoms with Gasteiger partial charge in [-0.2, -0.15) is 0 Å². The molecule has 0 saturated carbocycles. The number of H-pyrrole nitrogens is 1. The summed E-state index contributed by atoms with van der Waals surface area (Å²) in [6.07, 6.45) is 0.665. The number of carbonyl (C=O) groups is 1. The lowest BCUT2D eigenvalue weighted by Gasteiger charge is -2.21. The summed E-state index contributed by atoms with van der Waals surface area (Å²) in [5.41, 5.74) is 0.287. The molecular weight excluding hydrogens is 422 g/mol. The fourth-order valence-electron chi connectivity index (χ4n) is 3.53. The largest absolute Gasteiger partial charge is 0.505 e. The molecule has 2 aromatic carbocycles. The summed E-state index contributed by atoms with van der Waals surface area (Å²) < 4.78 is 1.19. The lowest BCUT2D eigenvalue weighted by atomic mass is 10.0. The van der Waals surface area contributed by atoms with Crippen LogP contribution in [0.1, 0.15) is 42.2 Å². The van der Waals surface area contributed by atoms with Crippen LogP contribution in [-0.2, 0) is 6.54 Å². The number of rotatable bonds is 8. The number of phenols is 1. The number of aromatic hydroxyl groups is 1. The number of anilines is 3. The molecule has 1 atom stereocenters. The molecule has 0 saturated heterocycles. The molecule has 9 heteroatoms. The average molecular weight is 452 g/mol. The first-order valence-electron chi connectivity index (χ1n) is 10.8. The fraction of sp³-hybridized carbons (Fsp3) is 0.292.